The number of benzene rings is 1. The molecule has 0 saturated carbocycles. The summed E-state index contributed by atoms with van der Waals surface area (Å²) in [6, 6.07) is 6.48. The molecule has 1 heterocycles. The molecule has 1 aromatic carbocycles. The van der Waals surface area contributed by atoms with Crippen molar-refractivity contribution >= 4 is 51.7 Å². The first kappa shape index (κ1) is 23.4. The summed E-state index contributed by atoms with van der Waals surface area (Å²) in [5.74, 6) is 1.89. The zero-order chi connectivity index (χ0) is 18.1. The van der Waals surface area contributed by atoms with E-state index in [1.54, 1.807) is 34.3 Å². The van der Waals surface area contributed by atoms with Crippen LogP contribution >= 0.6 is 35.7 Å². The molecule has 0 amide bonds. The van der Waals surface area contributed by atoms with Crippen molar-refractivity contribution in [1.29, 1.82) is 0 Å². The third-order valence-electron chi connectivity index (χ3n) is 3.73. The molecule has 0 unspecified atom stereocenters. The molecular formula is C16H26FIN4O2S2. The first-order valence-electron chi connectivity index (χ1n) is 8.34. The summed E-state index contributed by atoms with van der Waals surface area (Å²) in [5, 5.41) is 6.05. The number of hydrogen-bond acceptors (Lipinski definition) is 4. The predicted octanol–water partition coefficient (Wildman–Crippen LogP) is 1.88. The van der Waals surface area contributed by atoms with Gasteiger partial charge in [0.2, 0.25) is 10.0 Å². The molecule has 10 heteroatoms. The van der Waals surface area contributed by atoms with Crippen LogP contribution in [0.4, 0.5) is 4.39 Å². The highest BCUT2D eigenvalue weighted by atomic mass is 127. The highest BCUT2D eigenvalue weighted by molar-refractivity contribution is 14.0. The Kier molecular flexibility index (Phi) is 10.8. The van der Waals surface area contributed by atoms with Crippen molar-refractivity contribution in [2.24, 2.45) is 4.99 Å². The topological polar surface area (TPSA) is 73.8 Å². The van der Waals surface area contributed by atoms with Gasteiger partial charge < -0.3 is 10.6 Å². The molecule has 1 saturated heterocycles. The van der Waals surface area contributed by atoms with Gasteiger partial charge in [0, 0.05) is 43.2 Å². The lowest BCUT2D eigenvalue weighted by Crippen LogP contribution is -2.44. The lowest BCUT2D eigenvalue weighted by Gasteiger charge is -2.25. The number of rotatable bonds is 7. The molecule has 0 spiro atoms. The first-order chi connectivity index (χ1) is 12.0. The summed E-state index contributed by atoms with van der Waals surface area (Å²) in [6.45, 7) is 4.16. The smallest absolute Gasteiger partial charge is 0.215 e. The number of nitrogens with zero attached hydrogens (tertiary/aromatic N) is 2. The number of nitrogens with one attached hydrogen (secondary N) is 2. The number of hydrogen-bond donors (Lipinski definition) is 2. The van der Waals surface area contributed by atoms with Crippen molar-refractivity contribution < 1.29 is 12.8 Å². The molecule has 1 aromatic rings. The van der Waals surface area contributed by atoms with Crippen LogP contribution < -0.4 is 10.6 Å². The SMILES string of the molecule is CCNC(=NCc1ccccc1F)NCCS(=O)(=O)N1CCSCC1.I. The number of halogens is 2. The lowest BCUT2D eigenvalue weighted by atomic mass is 10.2. The van der Waals surface area contributed by atoms with Crippen LogP contribution in [0.2, 0.25) is 0 Å². The average molecular weight is 516 g/mol. The van der Waals surface area contributed by atoms with Gasteiger partial charge in [-0.25, -0.2) is 22.1 Å². The van der Waals surface area contributed by atoms with E-state index in [2.05, 4.69) is 15.6 Å². The van der Waals surface area contributed by atoms with E-state index in [4.69, 9.17) is 0 Å². The molecule has 1 fully saturated rings. The summed E-state index contributed by atoms with van der Waals surface area (Å²) in [4.78, 5) is 4.32. The second kappa shape index (κ2) is 12.0. The van der Waals surface area contributed by atoms with Crippen molar-refractivity contribution in [3.8, 4) is 0 Å². The Labute approximate surface area is 176 Å². The Hall–Kier alpha value is -0.590. The van der Waals surface area contributed by atoms with Gasteiger partial charge in [0.1, 0.15) is 5.82 Å². The molecule has 1 aliphatic heterocycles. The van der Waals surface area contributed by atoms with Gasteiger partial charge in [0.05, 0.1) is 12.3 Å². The van der Waals surface area contributed by atoms with Crippen molar-refractivity contribution in [3.63, 3.8) is 0 Å². The standard InChI is InChI=1S/C16H25FN4O2S2.HI/c1-2-18-16(20-13-14-5-3-4-6-15(14)17)19-7-12-25(22,23)21-8-10-24-11-9-21;/h3-6H,2,7-13H2,1H3,(H2,18,19,20);1H. The minimum absolute atomic E-state index is 0. The molecule has 0 aromatic heterocycles. The summed E-state index contributed by atoms with van der Waals surface area (Å²) in [7, 11) is -3.25. The quantitative estimate of drug-likeness (QED) is 0.329. The Morgan fingerprint density at radius 3 is 2.62 bits per heavy atom. The van der Waals surface area contributed by atoms with E-state index < -0.39 is 10.0 Å². The van der Waals surface area contributed by atoms with Crippen LogP contribution in [0.1, 0.15) is 12.5 Å². The highest BCUT2D eigenvalue weighted by Gasteiger charge is 2.23. The molecule has 26 heavy (non-hydrogen) atoms. The normalized spacial score (nSPS) is 16.0. The monoisotopic (exact) mass is 516 g/mol. The maximum absolute atomic E-state index is 13.6. The van der Waals surface area contributed by atoms with Gasteiger partial charge in [-0.3, -0.25) is 0 Å². The maximum Gasteiger partial charge on any atom is 0.215 e. The number of thioether (sulfide) groups is 1. The molecular weight excluding hydrogens is 490 g/mol. The third-order valence-corrected chi connectivity index (χ3v) is 6.54. The largest absolute Gasteiger partial charge is 0.357 e. The molecule has 0 radical (unpaired) electrons. The van der Waals surface area contributed by atoms with Crippen molar-refractivity contribution in [3.05, 3.63) is 35.6 Å². The second-order valence-corrected chi connectivity index (χ2v) is 8.85. The van der Waals surface area contributed by atoms with E-state index in [9.17, 15) is 12.8 Å². The highest BCUT2D eigenvalue weighted by Crippen LogP contribution is 2.13. The van der Waals surface area contributed by atoms with Gasteiger partial charge in [-0.1, -0.05) is 18.2 Å². The molecule has 2 N–H and O–H groups in total. The van der Waals surface area contributed by atoms with Gasteiger partial charge in [-0.15, -0.1) is 24.0 Å². The van der Waals surface area contributed by atoms with Crippen LogP contribution in [0, 0.1) is 5.82 Å². The molecule has 0 bridgehead atoms. The fourth-order valence-electron chi connectivity index (χ4n) is 2.38. The van der Waals surface area contributed by atoms with E-state index in [1.807, 2.05) is 6.92 Å². The van der Waals surface area contributed by atoms with Crippen LogP contribution in [-0.4, -0.2) is 62.1 Å². The molecule has 0 aliphatic carbocycles. The van der Waals surface area contributed by atoms with E-state index >= 15 is 0 Å². The molecule has 2 rings (SSSR count). The minimum atomic E-state index is -3.25. The Balaban J connectivity index is 0.00000338. The van der Waals surface area contributed by atoms with Gasteiger partial charge in [-0.05, 0) is 13.0 Å². The lowest BCUT2D eigenvalue weighted by molar-refractivity contribution is 0.443. The molecule has 0 atom stereocenters. The fourth-order valence-corrected chi connectivity index (χ4v) is 4.88. The molecule has 148 valence electrons. The summed E-state index contributed by atoms with van der Waals surface area (Å²) >= 11 is 1.77. The van der Waals surface area contributed by atoms with Crippen LogP contribution in [0.15, 0.2) is 29.3 Å². The van der Waals surface area contributed by atoms with E-state index in [1.165, 1.54) is 6.07 Å². The summed E-state index contributed by atoms with van der Waals surface area (Å²) in [5.41, 5.74) is 0.498. The Morgan fingerprint density at radius 1 is 1.27 bits per heavy atom. The van der Waals surface area contributed by atoms with Crippen LogP contribution in [-0.2, 0) is 16.6 Å². The third kappa shape index (κ3) is 7.57. The summed E-state index contributed by atoms with van der Waals surface area (Å²) < 4.78 is 39.8. The van der Waals surface area contributed by atoms with Crippen LogP contribution in [0.25, 0.3) is 0 Å². The van der Waals surface area contributed by atoms with E-state index in [-0.39, 0.29) is 48.6 Å². The van der Waals surface area contributed by atoms with Gasteiger partial charge >= 0.3 is 0 Å². The second-order valence-electron chi connectivity index (χ2n) is 5.54. The van der Waals surface area contributed by atoms with Gasteiger partial charge in [0.15, 0.2) is 5.96 Å². The van der Waals surface area contributed by atoms with E-state index in [0.717, 1.165) is 11.5 Å². The maximum atomic E-state index is 13.6. The van der Waals surface area contributed by atoms with Crippen molar-refractivity contribution in [2.45, 2.75) is 13.5 Å². The van der Waals surface area contributed by atoms with E-state index in [0.29, 0.717) is 31.2 Å². The average Bonchev–Trinajstić information content (AvgIpc) is 2.61. The van der Waals surface area contributed by atoms with Crippen molar-refractivity contribution in [2.75, 3.05) is 43.4 Å². The number of sulfonamides is 1. The number of guanidine groups is 1. The predicted molar refractivity (Wildman–Crippen MR) is 117 cm³/mol. The Morgan fingerprint density at radius 2 is 1.96 bits per heavy atom. The molecule has 6 nitrogen and oxygen atoms in total. The molecule has 1 aliphatic rings. The zero-order valence-corrected chi connectivity index (χ0v) is 18.7. The van der Waals surface area contributed by atoms with Gasteiger partial charge in [-0.2, -0.15) is 11.8 Å². The van der Waals surface area contributed by atoms with Crippen molar-refractivity contribution in [1.82, 2.24) is 14.9 Å². The van der Waals surface area contributed by atoms with Crippen LogP contribution in [0.3, 0.4) is 0 Å². The fraction of sp³-hybridized carbons (Fsp3) is 0.562. The first-order valence-corrected chi connectivity index (χ1v) is 11.1. The minimum Gasteiger partial charge on any atom is -0.357 e. The Bertz CT molecular complexity index is 683. The summed E-state index contributed by atoms with van der Waals surface area (Å²) in [6.07, 6.45) is 0. The van der Waals surface area contributed by atoms with Crippen LogP contribution in [0.5, 0.6) is 0 Å². The zero-order valence-electron chi connectivity index (χ0n) is 14.8. The van der Waals surface area contributed by atoms with Gasteiger partial charge in [0.25, 0.3) is 0 Å². The number of aliphatic imine (C=N–C) groups is 1.